The molecule has 0 unspecified atom stereocenters. The summed E-state index contributed by atoms with van der Waals surface area (Å²) in [5.41, 5.74) is 0.0586. The van der Waals surface area contributed by atoms with Gasteiger partial charge < -0.3 is 10.1 Å². The van der Waals surface area contributed by atoms with E-state index >= 15 is 0 Å². The van der Waals surface area contributed by atoms with Gasteiger partial charge in [0, 0.05) is 19.2 Å². The first-order chi connectivity index (χ1) is 7.54. The molecule has 2 atom stereocenters. The van der Waals surface area contributed by atoms with Crippen molar-refractivity contribution < 1.29 is 9.53 Å². The SMILES string of the molecule is CO[C@H]1C[C@@H](C(=O)NC2(C)CCC2)N(C)C1. The molecule has 0 aromatic carbocycles. The second-order valence-electron chi connectivity index (χ2n) is 5.45. The molecule has 1 N–H and O–H groups in total. The van der Waals surface area contributed by atoms with Gasteiger partial charge in [0.2, 0.25) is 5.91 Å². The average Bonchev–Trinajstić information content (AvgIpc) is 2.57. The lowest BCUT2D eigenvalue weighted by Gasteiger charge is -2.40. The second kappa shape index (κ2) is 4.34. The minimum atomic E-state index is -0.0117. The fourth-order valence-electron chi connectivity index (χ4n) is 2.64. The van der Waals surface area contributed by atoms with E-state index in [1.807, 2.05) is 7.05 Å². The van der Waals surface area contributed by atoms with Gasteiger partial charge in [-0.15, -0.1) is 0 Å². The van der Waals surface area contributed by atoms with Crippen LogP contribution in [-0.4, -0.2) is 49.2 Å². The largest absolute Gasteiger partial charge is 0.380 e. The highest BCUT2D eigenvalue weighted by atomic mass is 16.5. The molecule has 0 spiro atoms. The Labute approximate surface area is 97.3 Å². The number of methoxy groups -OCH3 is 1. The van der Waals surface area contributed by atoms with Gasteiger partial charge in [-0.05, 0) is 39.7 Å². The third-order valence-corrected chi connectivity index (χ3v) is 4.03. The zero-order chi connectivity index (χ0) is 11.8. The van der Waals surface area contributed by atoms with Gasteiger partial charge in [-0.3, -0.25) is 9.69 Å². The van der Waals surface area contributed by atoms with Crippen molar-refractivity contribution in [1.29, 1.82) is 0 Å². The molecule has 4 nitrogen and oxygen atoms in total. The quantitative estimate of drug-likeness (QED) is 0.772. The van der Waals surface area contributed by atoms with Crippen molar-refractivity contribution in [1.82, 2.24) is 10.2 Å². The van der Waals surface area contributed by atoms with Crippen LogP contribution in [0.3, 0.4) is 0 Å². The normalized spacial score (nSPS) is 33.4. The summed E-state index contributed by atoms with van der Waals surface area (Å²) in [6.45, 7) is 2.99. The molecule has 1 aliphatic heterocycles. The van der Waals surface area contributed by atoms with E-state index in [9.17, 15) is 4.79 Å². The molecule has 0 aromatic heterocycles. The zero-order valence-corrected chi connectivity index (χ0v) is 10.5. The van der Waals surface area contributed by atoms with Crippen LogP contribution in [0.5, 0.6) is 0 Å². The van der Waals surface area contributed by atoms with Gasteiger partial charge in [-0.1, -0.05) is 0 Å². The van der Waals surface area contributed by atoms with Gasteiger partial charge in [0.25, 0.3) is 0 Å². The molecule has 4 heteroatoms. The Balaban J connectivity index is 1.89. The molecule has 92 valence electrons. The van der Waals surface area contributed by atoms with E-state index in [4.69, 9.17) is 4.74 Å². The van der Waals surface area contributed by atoms with Crippen LogP contribution in [0.2, 0.25) is 0 Å². The lowest BCUT2D eigenvalue weighted by Crippen LogP contribution is -2.55. The zero-order valence-electron chi connectivity index (χ0n) is 10.5. The van der Waals surface area contributed by atoms with E-state index in [2.05, 4.69) is 17.1 Å². The number of hydrogen-bond acceptors (Lipinski definition) is 3. The maximum atomic E-state index is 12.1. The highest BCUT2D eigenvalue weighted by Crippen LogP contribution is 2.31. The predicted octanol–water partition coefficient (Wildman–Crippen LogP) is 0.764. The number of rotatable bonds is 3. The van der Waals surface area contributed by atoms with Crippen molar-refractivity contribution in [2.45, 2.75) is 50.3 Å². The third-order valence-electron chi connectivity index (χ3n) is 4.03. The topological polar surface area (TPSA) is 41.6 Å². The van der Waals surface area contributed by atoms with Gasteiger partial charge >= 0.3 is 0 Å². The molecular weight excluding hydrogens is 204 g/mol. The Morgan fingerprint density at radius 3 is 2.62 bits per heavy atom. The first-order valence-electron chi connectivity index (χ1n) is 6.09. The molecule has 0 radical (unpaired) electrons. The molecule has 16 heavy (non-hydrogen) atoms. The number of nitrogens with zero attached hydrogens (tertiary/aromatic N) is 1. The number of ether oxygens (including phenoxy) is 1. The Bertz CT molecular complexity index is 276. The number of likely N-dealkylation sites (N-methyl/N-ethyl adjacent to an activating group) is 1. The number of carbonyl (C=O) groups is 1. The van der Waals surface area contributed by atoms with E-state index in [-0.39, 0.29) is 23.6 Å². The fourth-order valence-corrected chi connectivity index (χ4v) is 2.64. The van der Waals surface area contributed by atoms with E-state index < -0.39 is 0 Å². The van der Waals surface area contributed by atoms with Gasteiger partial charge in [-0.25, -0.2) is 0 Å². The fraction of sp³-hybridized carbons (Fsp3) is 0.917. The lowest BCUT2D eigenvalue weighted by molar-refractivity contribution is -0.127. The molecule has 0 aromatic rings. The number of hydrogen-bond donors (Lipinski definition) is 1. The molecule has 2 fully saturated rings. The molecule has 1 amide bonds. The maximum Gasteiger partial charge on any atom is 0.237 e. The molecule has 1 aliphatic carbocycles. The van der Waals surface area contributed by atoms with Crippen LogP contribution in [0.25, 0.3) is 0 Å². The predicted molar refractivity (Wildman–Crippen MR) is 62.2 cm³/mol. The maximum absolute atomic E-state index is 12.1. The monoisotopic (exact) mass is 226 g/mol. The molecule has 2 aliphatic rings. The average molecular weight is 226 g/mol. The van der Waals surface area contributed by atoms with Crippen LogP contribution in [0.15, 0.2) is 0 Å². The summed E-state index contributed by atoms with van der Waals surface area (Å²) in [4.78, 5) is 14.2. The van der Waals surface area contributed by atoms with E-state index in [1.165, 1.54) is 6.42 Å². The first kappa shape index (κ1) is 11.9. The van der Waals surface area contributed by atoms with Crippen molar-refractivity contribution in [2.24, 2.45) is 0 Å². The van der Waals surface area contributed by atoms with Crippen LogP contribution < -0.4 is 5.32 Å². The second-order valence-corrected chi connectivity index (χ2v) is 5.45. The van der Waals surface area contributed by atoms with E-state index in [0.717, 1.165) is 25.8 Å². The van der Waals surface area contributed by atoms with Crippen LogP contribution in [0.4, 0.5) is 0 Å². The summed E-state index contributed by atoms with van der Waals surface area (Å²) in [6.07, 6.45) is 4.48. The summed E-state index contributed by atoms with van der Waals surface area (Å²) in [6, 6.07) is -0.0117. The van der Waals surface area contributed by atoms with Crippen molar-refractivity contribution in [3.63, 3.8) is 0 Å². The summed E-state index contributed by atoms with van der Waals surface area (Å²) < 4.78 is 5.31. The van der Waals surface area contributed by atoms with Crippen molar-refractivity contribution in [2.75, 3.05) is 20.7 Å². The molecular formula is C12H22N2O2. The van der Waals surface area contributed by atoms with E-state index in [0.29, 0.717) is 0 Å². The Morgan fingerprint density at radius 1 is 1.50 bits per heavy atom. The van der Waals surface area contributed by atoms with Crippen LogP contribution in [-0.2, 0) is 9.53 Å². The van der Waals surface area contributed by atoms with Crippen molar-refractivity contribution >= 4 is 5.91 Å². The minimum Gasteiger partial charge on any atom is -0.380 e. The van der Waals surface area contributed by atoms with Crippen LogP contribution in [0.1, 0.15) is 32.6 Å². The van der Waals surface area contributed by atoms with Gasteiger partial charge in [0.05, 0.1) is 12.1 Å². The molecule has 2 rings (SSSR count). The van der Waals surface area contributed by atoms with Gasteiger partial charge in [0.1, 0.15) is 0 Å². The van der Waals surface area contributed by atoms with Gasteiger partial charge in [0.15, 0.2) is 0 Å². The number of likely N-dealkylation sites (tertiary alicyclic amines) is 1. The minimum absolute atomic E-state index is 0.0117. The number of nitrogens with one attached hydrogen (secondary N) is 1. The lowest BCUT2D eigenvalue weighted by atomic mass is 9.78. The summed E-state index contributed by atoms with van der Waals surface area (Å²) >= 11 is 0. The summed E-state index contributed by atoms with van der Waals surface area (Å²) in [7, 11) is 3.71. The van der Waals surface area contributed by atoms with Crippen LogP contribution >= 0.6 is 0 Å². The highest BCUT2D eigenvalue weighted by molar-refractivity contribution is 5.83. The van der Waals surface area contributed by atoms with Crippen molar-refractivity contribution in [3.8, 4) is 0 Å². The molecule has 1 saturated carbocycles. The number of carbonyl (C=O) groups excluding carboxylic acids is 1. The van der Waals surface area contributed by atoms with Crippen LogP contribution in [0, 0.1) is 0 Å². The third kappa shape index (κ3) is 2.23. The molecule has 1 saturated heterocycles. The van der Waals surface area contributed by atoms with Crippen molar-refractivity contribution in [3.05, 3.63) is 0 Å². The standard InChI is InChI=1S/C12H22N2O2/c1-12(5-4-6-12)13-11(15)10-7-9(16-3)8-14(10)2/h9-10H,4-8H2,1-3H3,(H,13,15)/t9-,10-/m0/s1. The first-order valence-corrected chi connectivity index (χ1v) is 6.09. The Morgan fingerprint density at radius 2 is 2.19 bits per heavy atom. The van der Waals surface area contributed by atoms with Gasteiger partial charge in [-0.2, -0.15) is 0 Å². The Kier molecular flexibility index (Phi) is 3.22. The molecule has 0 bridgehead atoms. The summed E-state index contributed by atoms with van der Waals surface area (Å²) in [5, 5.41) is 3.17. The Hall–Kier alpha value is -0.610. The molecule has 1 heterocycles. The number of amides is 1. The summed E-state index contributed by atoms with van der Waals surface area (Å²) in [5.74, 6) is 0.171. The smallest absolute Gasteiger partial charge is 0.237 e. The highest BCUT2D eigenvalue weighted by Gasteiger charge is 2.39. The van der Waals surface area contributed by atoms with E-state index in [1.54, 1.807) is 7.11 Å².